The molecule has 1 aliphatic heterocycles. The van der Waals surface area contributed by atoms with Gasteiger partial charge in [-0.25, -0.2) is 13.2 Å². The van der Waals surface area contributed by atoms with Crippen LogP contribution >= 0.6 is 0 Å². The van der Waals surface area contributed by atoms with Gasteiger partial charge in [-0.1, -0.05) is 37.3 Å². The highest BCUT2D eigenvalue weighted by atomic mass is 32.2. The summed E-state index contributed by atoms with van der Waals surface area (Å²) in [7, 11) is -3.61. The normalized spacial score (nSPS) is 18.0. The number of sulfonamides is 1. The third-order valence-electron chi connectivity index (χ3n) is 3.86. The van der Waals surface area contributed by atoms with Crippen LogP contribution in [0, 0.1) is 0 Å². The monoisotopic (exact) mass is 340 g/mol. The van der Waals surface area contributed by atoms with Gasteiger partial charge in [0.1, 0.15) is 6.04 Å². The molecule has 2 rings (SSSR count). The van der Waals surface area contributed by atoms with E-state index in [2.05, 4.69) is 0 Å². The van der Waals surface area contributed by atoms with Gasteiger partial charge >= 0.3 is 5.97 Å². The summed E-state index contributed by atoms with van der Waals surface area (Å²) >= 11 is 0. The lowest BCUT2D eigenvalue weighted by molar-refractivity contribution is -0.152. The summed E-state index contributed by atoms with van der Waals surface area (Å²) < 4.78 is 26.0. The maximum absolute atomic E-state index is 12.4. The van der Waals surface area contributed by atoms with E-state index in [1.165, 1.54) is 4.90 Å². The van der Waals surface area contributed by atoms with E-state index in [-0.39, 0.29) is 31.8 Å². The molecule has 126 valence electrons. The molecule has 7 nitrogen and oxygen atoms in total. The van der Waals surface area contributed by atoms with E-state index in [0.29, 0.717) is 5.56 Å². The van der Waals surface area contributed by atoms with Gasteiger partial charge in [0.2, 0.25) is 15.9 Å². The summed E-state index contributed by atoms with van der Waals surface area (Å²) in [5.74, 6) is -1.71. The van der Waals surface area contributed by atoms with Gasteiger partial charge in [-0.15, -0.1) is 0 Å². The number of carboxylic acids is 1. The van der Waals surface area contributed by atoms with E-state index in [9.17, 15) is 18.0 Å². The second kappa shape index (κ2) is 7.10. The van der Waals surface area contributed by atoms with Gasteiger partial charge in [-0.3, -0.25) is 4.79 Å². The largest absolute Gasteiger partial charge is 0.480 e. The molecule has 1 aliphatic rings. The average molecular weight is 340 g/mol. The summed E-state index contributed by atoms with van der Waals surface area (Å²) in [4.78, 5) is 24.6. The van der Waals surface area contributed by atoms with Crippen molar-refractivity contribution < 1.29 is 23.1 Å². The first-order valence-electron chi connectivity index (χ1n) is 7.39. The molecule has 0 radical (unpaired) electrons. The predicted molar refractivity (Wildman–Crippen MR) is 84.1 cm³/mol. The fourth-order valence-electron chi connectivity index (χ4n) is 2.64. The van der Waals surface area contributed by atoms with Crippen molar-refractivity contribution in [2.24, 2.45) is 0 Å². The van der Waals surface area contributed by atoms with Crippen molar-refractivity contribution in [3.8, 4) is 0 Å². The van der Waals surface area contributed by atoms with Crippen LogP contribution in [0.1, 0.15) is 18.9 Å². The van der Waals surface area contributed by atoms with E-state index in [0.717, 1.165) is 4.31 Å². The number of carbonyl (C=O) groups excluding carboxylic acids is 1. The topological polar surface area (TPSA) is 95.0 Å². The number of rotatable bonds is 6. The van der Waals surface area contributed by atoms with Gasteiger partial charge in [0.25, 0.3) is 0 Å². The van der Waals surface area contributed by atoms with Crippen LogP contribution in [-0.2, 0) is 25.4 Å². The van der Waals surface area contributed by atoms with Crippen LogP contribution in [-0.4, -0.2) is 60.3 Å². The molecule has 0 aliphatic carbocycles. The van der Waals surface area contributed by atoms with Crippen molar-refractivity contribution in [2.75, 3.05) is 19.6 Å². The molecule has 0 bridgehead atoms. The standard InChI is InChI=1S/C15H20N2O5S/c1-2-13(15(19)20)17-9-8-16(10-14(17)18)23(21,22)11-12-6-4-3-5-7-12/h3-7,13H,2,8-11H2,1H3,(H,19,20). The third kappa shape index (κ3) is 4.08. The fraction of sp³-hybridized carbons (Fsp3) is 0.467. The minimum Gasteiger partial charge on any atom is -0.480 e. The van der Waals surface area contributed by atoms with Crippen molar-refractivity contribution in [2.45, 2.75) is 25.1 Å². The van der Waals surface area contributed by atoms with Crippen LogP contribution in [0.3, 0.4) is 0 Å². The van der Waals surface area contributed by atoms with Crippen molar-refractivity contribution in [3.63, 3.8) is 0 Å². The predicted octanol–water partition coefficient (Wildman–Crippen LogP) is 0.524. The Labute approximate surface area is 135 Å². The molecular weight excluding hydrogens is 320 g/mol. The number of benzene rings is 1. The second-order valence-corrected chi connectivity index (χ2v) is 7.39. The number of amides is 1. The van der Waals surface area contributed by atoms with E-state index < -0.39 is 27.9 Å². The van der Waals surface area contributed by atoms with Crippen LogP contribution in [0.25, 0.3) is 0 Å². The SMILES string of the molecule is CCC(C(=O)O)N1CCN(S(=O)(=O)Cc2ccccc2)CC1=O. The maximum Gasteiger partial charge on any atom is 0.326 e. The second-order valence-electron chi connectivity index (χ2n) is 5.42. The number of carbonyl (C=O) groups is 2. The molecule has 0 saturated carbocycles. The molecule has 1 amide bonds. The Morgan fingerprint density at radius 3 is 2.43 bits per heavy atom. The van der Waals surface area contributed by atoms with E-state index in [1.54, 1.807) is 37.3 Å². The van der Waals surface area contributed by atoms with Crippen LogP contribution in [0.2, 0.25) is 0 Å². The van der Waals surface area contributed by atoms with Crippen molar-refractivity contribution in [3.05, 3.63) is 35.9 Å². The number of piperazine rings is 1. The molecule has 0 aromatic heterocycles. The van der Waals surface area contributed by atoms with Gasteiger partial charge in [0, 0.05) is 13.1 Å². The van der Waals surface area contributed by atoms with Gasteiger partial charge in [0.05, 0.1) is 12.3 Å². The lowest BCUT2D eigenvalue weighted by atomic mass is 10.1. The van der Waals surface area contributed by atoms with Gasteiger partial charge < -0.3 is 10.0 Å². The smallest absolute Gasteiger partial charge is 0.326 e. The van der Waals surface area contributed by atoms with E-state index >= 15 is 0 Å². The zero-order valence-electron chi connectivity index (χ0n) is 12.9. The van der Waals surface area contributed by atoms with Gasteiger partial charge in [-0.05, 0) is 12.0 Å². The van der Waals surface area contributed by atoms with Crippen molar-refractivity contribution in [1.29, 1.82) is 0 Å². The number of carboxylic acid groups (broad SMARTS) is 1. The number of hydrogen-bond acceptors (Lipinski definition) is 4. The minimum atomic E-state index is -3.61. The first-order valence-corrected chi connectivity index (χ1v) is 9.00. The number of nitrogens with zero attached hydrogens (tertiary/aromatic N) is 2. The van der Waals surface area contributed by atoms with Crippen LogP contribution < -0.4 is 0 Å². The van der Waals surface area contributed by atoms with Crippen LogP contribution in [0.15, 0.2) is 30.3 Å². The summed E-state index contributed by atoms with van der Waals surface area (Å²) in [6.45, 7) is 1.59. The van der Waals surface area contributed by atoms with Crippen LogP contribution in [0.4, 0.5) is 0 Å². The molecule has 1 atom stereocenters. The Morgan fingerprint density at radius 2 is 1.91 bits per heavy atom. The molecule has 1 aromatic rings. The number of aliphatic carboxylic acids is 1. The highest BCUT2D eigenvalue weighted by molar-refractivity contribution is 7.88. The van der Waals surface area contributed by atoms with E-state index in [1.807, 2.05) is 0 Å². The first-order chi connectivity index (χ1) is 10.8. The highest BCUT2D eigenvalue weighted by Crippen LogP contribution is 2.16. The average Bonchev–Trinajstić information content (AvgIpc) is 2.49. The summed E-state index contributed by atoms with van der Waals surface area (Å²) in [6, 6.07) is 7.84. The maximum atomic E-state index is 12.4. The van der Waals surface area contributed by atoms with Gasteiger partial charge in [0.15, 0.2) is 0 Å². The van der Waals surface area contributed by atoms with Gasteiger partial charge in [-0.2, -0.15) is 4.31 Å². The lowest BCUT2D eigenvalue weighted by Crippen LogP contribution is -2.57. The molecule has 1 heterocycles. The molecule has 1 aromatic carbocycles. The highest BCUT2D eigenvalue weighted by Gasteiger charge is 2.36. The Kier molecular flexibility index (Phi) is 5.38. The first kappa shape index (κ1) is 17.4. The zero-order valence-corrected chi connectivity index (χ0v) is 13.7. The van der Waals surface area contributed by atoms with Crippen LogP contribution in [0.5, 0.6) is 0 Å². The Morgan fingerprint density at radius 1 is 1.26 bits per heavy atom. The summed E-state index contributed by atoms with van der Waals surface area (Å²) in [6.07, 6.45) is 0.290. The Balaban J connectivity index is 2.07. The third-order valence-corrected chi connectivity index (χ3v) is 5.65. The molecule has 1 unspecified atom stereocenters. The number of hydrogen-bond donors (Lipinski definition) is 1. The molecule has 1 saturated heterocycles. The van der Waals surface area contributed by atoms with Crippen molar-refractivity contribution >= 4 is 21.9 Å². The fourth-order valence-corrected chi connectivity index (χ4v) is 4.10. The summed E-state index contributed by atoms with van der Waals surface area (Å²) in [5, 5.41) is 9.14. The molecule has 1 N–H and O–H groups in total. The molecule has 8 heteroatoms. The molecule has 0 spiro atoms. The minimum absolute atomic E-state index is 0.0949. The van der Waals surface area contributed by atoms with Crippen molar-refractivity contribution in [1.82, 2.24) is 9.21 Å². The quantitative estimate of drug-likeness (QED) is 0.815. The molecule has 1 fully saturated rings. The molecular formula is C15H20N2O5S. The lowest BCUT2D eigenvalue weighted by Gasteiger charge is -2.36. The summed E-state index contributed by atoms with van der Waals surface area (Å²) in [5.41, 5.74) is 0.652. The Hall–Kier alpha value is -1.93. The molecule has 23 heavy (non-hydrogen) atoms. The zero-order chi connectivity index (χ0) is 17.0. The van der Waals surface area contributed by atoms with E-state index in [4.69, 9.17) is 5.11 Å². The Bertz CT molecular complexity index is 674.